The molecule has 2 heterocycles. The van der Waals surface area contributed by atoms with Gasteiger partial charge in [0.25, 0.3) is 0 Å². The van der Waals surface area contributed by atoms with E-state index in [0.29, 0.717) is 18.7 Å². The molecule has 1 amide bonds. The van der Waals surface area contributed by atoms with E-state index in [9.17, 15) is 13.2 Å². The van der Waals surface area contributed by atoms with Crippen molar-refractivity contribution in [2.24, 2.45) is 0 Å². The molecule has 8 heteroatoms. The number of carbonyl (C=O) groups excluding carboxylic acids is 1. The van der Waals surface area contributed by atoms with Crippen LogP contribution in [-0.2, 0) is 14.8 Å². The number of nitrogens with zero attached hydrogens (tertiary/aromatic N) is 1. The number of methoxy groups -OCH3 is 1. The van der Waals surface area contributed by atoms with Gasteiger partial charge in [-0.1, -0.05) is 12.1 Å². The van der Waals surface area contributed by atoms with Crippen LogP contribution in [0.25, 0.3) is 0 Å². The van der Waals surface area contributed by atoms with Crippen LogP contribution in [0.2, 0.25) is 0 Å². The van der Waals surface area contributed by atoms with Crippen molar-refractivity contribution in [2.45, 2.75) is 23.4 Å². The molecule has 2 N–H and O–H groups in total. The fraction of sp³-hybridized carbons (Fsp3) is 0.278. The molecule has 0 radical (unpaired) electrons. The van der Waals surface area contributed by atoms with Gasteiger partial charge < -0.3 is 15.0 Å². The number of benzene rings is 2. The van der Waals surface area contributed by atoms with Crippen molar-refractivity contribution in [3.05, 3.63) is 48.5 Å². The van der Waals surface area contributed by atoms with Crippen LogP contribution in [0.1, 0.15) is 6.42 Å². The van der Waals surface area contributed by atoms with Crippen LogP contribution >= 0.6 is 0 Å². The lowest BCUT2D eigenvalue weighted by Gasteiger charge is -2.32. The molecule has 0 saturated carbocycles. The van der Waals surface area contributed by atoms with Gasteiger partial charge >= 0.3 is 0 Å². The van der Waals surface area contributed by atoms with Crippen molar-refractivity contribution in [3.63, 3.8) is 0 Å². The first-order chi connectivity index (χ1) is 12.5. The number of carbonyl (C=O) groups is 1. The van der Waals surface area contributed by atoms with E-state index in [2.05, 4.69) is 10.0 Å². The summed E-state index contributed by atoms with van der Waals surface area (Å²) in [4.78, 5) is 14.5. The summed E-state index contributed by atoms with van der Waals surface area (Å²) in [7, 11) is -2.14. The number of nitrogens with one attached hydrogen (secondary N) is 2. The Morgan fingerprint density at radius 2 is 1.88 bits per heavy atom. The van der Waals surface area contributed by atoms with Gasteiger partial charge in [0.15, 0.2) is 0 Å². The Balaban J connectivity index is 1.54. The molecule has 26 heavy (non-hydrogen) atoms. The number of anilines is 2. The van der Waals surface area contributed by atoms with E-state index in [1.165, 1.54) is 19.2 Å². The third-order valence-corrected chi connectivity index (χ3v) is 6.30. The largest absolute Gasteiger partial charge is 0.497 e. The molecular weight excluding hydrogens is 354 g/mol. The van der Waals surface area contributed by atoms with Crippen molar-refractivity contribution in [1.29, 1.82) is 0 Å². The summed E-state index contributed by atoms with van der Waals surface area (Å²) in [5, 5.41) is 2.89. The lowest BCUT2D eigenvalue weighted by molar-refractivity contribution is -0.117. The average Bonchev–Trinajstić information content (AvgIpc) is 3.06. The fourth-order valence-corrected chi connectivity index (χ4v) is 4.76. The molecule has 136 valence electrons. The highest BCUT2D eigenvalue weighted by molar-refractivity contribution is 7.89. The van der Waals surface area contributed by atoms with E-state index >= 15 is 0 Å². The number of ether oxygens (including phenoxy) is 1. The van der Waals surface area contributed by atoms with Crippen LogP contribution in [0.5, 0.6) is 5.75 Å². The molecule has 2 aliphatic heterocycles. The van der Waals surface area contributed by atoms with Crippen LogP contribution < -0.4 is 19.7 Å². The number of amides is 1. The zero-order chi connectivity index (χ0) is 18.3. The van der Waals surface area contributed by atoms with Crippen molar-refractivity contribution < 1.29 is 17.9 Å². The van der Waals surface area contributed by atoms with E-state index in [4.69, 9.17) is 4.74 Å². The molecule has 1 saturated heterocycles. The first-order valence-corrected chi connectivity index (χ1v) is 9.79. The first-order valence-electron chi connectivity index (χ1n) is 8.31. The zero-order valence-corrected chi connectivity index (χ0v) is 15.0. The molecule has 2 unspecified atom stereocenters. The Bertz CT molecular complexity index is 943. The van der Waals surface area contributed by atoms with Crippen LogP contribution in [0.15, 0.2) is 53.4 Å². The van der Waals surface area contributed by atoms with Crippen molar-refractivity contribution in [1.82, 2.24) is 4.72 Å². The summed E-state index contributed by atoms with van der Waals surface area (Å²) < 4.78 is 33.1. The minimum absolute atomic E-state index is 0.102. The Morgan fingerprint density at radius 1 is 1.15 bits per heavy atom. The van der Waals surface area contributed by atoms with Gasteiger partial charge in [0.2, 0.25) is 15.9 Å². The topological polar surface area (TPSA) is 87.7 Å². The van der Waals surface area contributed by atoms with E-state index in [1.807, 2.05) is 29.2 Å². The highest BCUT2D eigenvalue weighted by atomic mass is 32.2. The maximum atomic E-state index is 12.6. The highest BCUT2D eigenvalue weighted by Gasteiger charge is 2.42. The van der Waals surface area contributed by atoms with Gasteiger partial charge in [-0.25, -0.2) is 13.1 Å². The molecule has 2 aliphatic rings. The maximum Gasteiger partial charge on any atom is 0.247 e. The molecule has 0 spiro atoms. The van der Waals surface area contributed by atoms with E-state index < -0.39 is 10.0 Å². The molecule has 1 fully saturated rings. The third kappa shape index (κ3) is 2.91. The minimum Gasteiger partial charge on any atom is -0.497 e. The number of sulfonamides is 1. The number of rotatable bonds is 4. The average molecular weight is 373 g/mol. The molecular formula is C18H19N3O4S. The Labute approximate surface area is 152 Å². The second-order valence-corrected chi connectivity index (χ2v) is 8.12. The van der Waals surface area contributed by atoms with Gasteiger partial charge in [0.05, 0.1) is 23.4 Å². The first kappa shape index (κ1) is 16.9. The van der Waals surface area contributed by atoms with Crippen LogP contribution in [0.4, 0.5) is 11.4 Å². The fourth-order valence-electron chi connectivity index (χ4n) is 3.52. The molecule has 2 aromatic rings. The number of para-hydroxylation sites is 2. The zero-order valence-electron chi connectivity index (χ0n) is 14.2. The Kier molecular flexibility index (Phi) is 4.08. The number of hydrogen-bond donors (Lipinski definition) is 2. The molecule has 2 aromatic carbocycles. The van der Waals surface area contributed by atoms with Crippen molar-refractivity contribution in [3.8, 4) is 5.75 Å². The van der Waals surface area contributed by atoms with E-state index in [1.54, 1.807) is 12.1 Å². The molecule has 4 rings (SSSR count). The van der Waals surface area contributed by atoms with Gasteiger partial charge in [-0.05, 0) is 42.8 Å². The second-order valence-electron chi connectivity index (χ2n) is 6.40. The van der Waals surface area contributed by atoms with Crippen molar-refractivity contribution >= 4 is 27.3 Å². The molecule has 2 atom stereocenters. The van der Waals surface area contributed by atoms with Gasteiger partial charge in [-0.2, -0.15) is 0 Å². The second kappa shape index (κ2) is 6.30. The lowest BCUT2D eigenvalue weighted by Crippen LogP contribution is -2.44. The molecule has 0 aliphatic carbocycles. The standard InChI is InChI=1S/C18H19N3O4S/c1-25-13-6-8-14(9-7-13)26(23,24)20-12-10-17-18(22)19-15-4-2-3-5-16(15)21(17)11-12/h2-9,12,17,20H,10-11H2,1H3,(H,19,22). The third-order valence-electron chi connectivity index (χ3n) is 4.77. The summed E-state index contributed by atoms with van der Waals surface area (Å²) in [6, 6.07) is 13.1. The van der Waals surface area contributed by atoms with E-state index in [0.717, 1.165) is 11.4 Å². The normalized spacial score (nSPS) is 21.7. The minimum atomic E-state index is -3.67. The molecule has 0 aromatic heterocycles. The lowest BCUT2D eigenvalue weighted by atomic mass is 10.1. The molecule has 7 nitrogen and oxygen atoms in total. The van der Waals surface area contributed by atoms with E-state index in [-0.39, 0.29) is 22.9 Å². The summed E-state index contributed by atoms with van der Waals surface area (Å²) in [6.07, 6.45) is 0.426. The summed E-state index contributed by atoms with van der Waals surface area (Å²) in [5.74, 6) is 0.491. The highest BCUT2D eigenvalue weighted by Crippen LogP contribution is 2.36. The maximum absolute atomic E-state index is 12.6. The monoisotopic (exact) mass is 373 g/mol. The van der Waals surface area contributed by atoms with Gasteiger partial charge in [0, 0.05) is 12.6 Å². The van der Waals surface area contributed by atoms with Crippen molar-refractivity contribution in [2.75, 3.05) is 23.9 Å². The van der Waals surface area contributed by atoms with Gasteiger partial charge in [0.1, 0.15) is 11.8 Å². The van der Waals surface area contributed by atoms with Gasteiger partial charge in [-0.3, -0.25) is 4.79 Å². The SMILES string of the molecule is COc1ccc(S(=O)(=O)NC2CC3C(=O)Nc4ccccc4N3C2)cc1. The summed E-state index contributed by atoms with van der Waals surface area (Å²) in [6.45, 7) is 0.449. The Morgan fingerprint density at radius 3 is 2.62 bits per heavy atom. The quantitative estimate of drug-likeness (QED) is 0.850. The summed E-state index contributed by atoms with van der Waals surface area (Å²) >= 11 is 0. The van der Waals surface area contributed by atoms with Crippen LogP contribution in [0.3, 0.4) is 0 Å². The van der Waals surface area contributed by atoms with Crippen LogP contribution in [-0.4, -0.2) is 40.1 Å². The molecule has 0 bridgehead atoms. The summed E-state index contributed by atoms with van der Waals surface area (Å²) in [5.41, 5.74) is 1.68. The predicted molar refractivity (Wildman–Crippen MR) is 97.9 cm³/mol. The smallest absolute Gasteiger partial charge is 0.247 e. The van der Waals surface area contributed by atoms with Gasteiger partial charge in [-0.15, -0.1) is 0 Å². The number of fused-ring (bicyclic) bond motifs is 3. The predicted octanol–water partition coefficient (Wildman–Crippen LogP) is 1.57. The number of hydrogen-bond acceptors (Lipinski definition) is 5. The Hall–Kier alpha value is -2.58. The van der Waals surface area contributed by atoms with Crippen LogP contribution in [0, 0.1) is 0 Å².